The summed E-state index contributed by atoms with van der Waals surface area (Å²) in [4.78, 5) is 12.5. The van der Waals surface area contributed by atoms with Crippen LogP contribution in [0.2, 0.25) is 0 Å². The summed E-state index contributed by atoms with van der Waals surface area (Å²) in [5, 5.41) is 5.17. The van der Waals surface area contributed by atoms with E-state index in [2.05, 4.69) is 5.32 Å². The van der Waals surface area contributed by atoms with Gasteiger partial charge >= 0.3 is 0 Å². The average molecular weight is 242 g/mol. The third-order valence-corrected chi connectivity index (χ3v) is 3.26. The van der Waals surface area contributed by atoms with E-state index in [-0.39, 0.29) is 17.9 Å². The summed E-state index contributed by atoms with van der Waals surface area (Å²) < 4.78 is 5.03. The van der Waals surface area contributed by atoms with Crippen LogP contribution in [0.1, 0.15) is 11.8 Å². The second kappa shape index (κ2) is 6.62. The van der Waals surface area contributed by atoms with Crippen molar-refractivity contribution in [3.05, 3.63) is 22.4 Å². The molecule has 0 aliphatic heterocycles. The van der Waals surface area contributed by atoms with Gasteiger partial charge in [0.15, 0.2) is 0 Å². The van der Waals surface area contributed by atoms with Crippen molar-refractivity contribution >= 4 is 17.2 Å². The van der Waals surface area contributed by atoms with Gasteiger partial charge in [0.1, 0.15) is 0 Å². The molecule has 0 aliphatic carbocycles. The Kier molecular flexibility index (Phi) is 5.45. The van der Waals surface area contributed by atoms with E-state index in [0.29, 0.717) is 13.2 Å². The van der Waals surface area contributed by atoms with Crippen molar-refractivity contribution in [1.82, 2.24) is 5.32 Å². The molecule has 0 fully saturated rings. The molecule has 0 aliphatic rings. The van der Waals surface area contributed by atoms with Crippen LogP contribution >= 0.6 is 11.3 Å². The Labute approximate surface area is 99.8 Å². The van der Waals surface area contributed by atoms with Crippen LogP contribution < -0.4 is 11.1 Å². The number of nitrogens with one attached hydrogen (secondary N) is 1. The highest BCUT2D eigenvalue weighted by Crippen LogP contribution is 2.10. The molecule has 2 unspecified atom stereocenters. The molecule has 1 aromatic heterocycles. The molecule has 1 amide bonds. The maximum absolute atomic E-state index is 11.3. The summed E-state index contributed by atoms with van der Waals surface area (Å²) in [6, 6.07) is 3.66. The molecule has 0 saturated carbocycles. The molecule has 4 nitrogen and oxygen atoms in total. The fourth-order valence-electron chi connectivity index (χ4n) is 1.57. The minimum absolute atomic E-state index is 0.0717. The predicted molar refractivity (Wildman–Crippen MR) is 65.2 cm³/mol. The fourth-order valence-corrected chi connectivity index (χ4v) is 2.22. The lowest BCUT2D eigenvalue weighted by atomic mass is 10.0. The van der Waals surface area contributed by atoms with Crippen LogP contribution in [-0.2, 0) is 16.1 Å². The highest BCUT2D eigenvalue weighted by molar-refractivity contribution is 7.09. The largest absolute Gasteiger partial charge is 0.384 e. The first-order valence-corrected chi connectivity index (χ1v) is 6.07. The van der Waals surface area contributed by atoms with Gasteiger partial charge in [0.05, 0.1) is 12.6 Å². The van der Waals surface area contributed by atoms with E-state index in [1.54, 1.807) is 18.4 Å². The summed E-state index contributed by atoms with van der Waals surface area (Å²) in [5.41, 5.74) is 5.35. The van der Waals surface area contributed by atoms with Crippen molar-refractivity contribution in [1.29, 1.82) is 0 Å². The van der Waals surface area contributed by atoms with Gasteiger partial charge in [-0.2, -0.15) is 0 Å². The topological polar surface area (TPSA) is 64.3 Å². The van der Waals surface area contributed by atoms with Crippen LogP contribution in [0.25, 0.3) is 0 Å². The van der Waals surface area contributed by atoms with Crippen molar-refractivity contribution in [2.45, 2.75) is 19.5 Å². The Hall–Kier alpha value is -0.910. The number of hydrogen-bond donors (Lipinski definition) is 2. The van der Waals surface area contributed by atoms with Crippen LogP contribution in [-0.4, -0.2) is 25.7 Å². The van der Waals surface area contributed by atoms with Gasteiger partial charge in [0.2, 0.25) is 5.91 Å². The number of primary amides is 1. The first kappa shape index (κ1) is 13.2. The Bertz CT molecular complexity index is 314. The van der Waals surface area contributed by atoms with Crippen molar-refractivity contribution in [3.63, 3.8) is 0 Å². The number of hydrogen-bond acceptors (Lipinski definition) is 4. The highest BCUT2D eigenvalue weighted by atomic mass is 32.1. The lowest BCUT2D eigenvalue weighted by Gasteiger charge is -2.21. The Balaban J connectivity index is 2.48. The zero-order chi connectivity index (χ0) is 12.0. The number of ether oxygens (including phenoxy) is 1. The number of carbonyl (C=O) groups excluding carboxylic acids is 1. The monoisotopic (exact) mass is 242 g/mol. The van der Waals surface area contributed by atoms with Gasteiger partial charge in [-0.15, -0.1) is 11.3 Å². The second-order valence-corrected chi connectivity index (χ2v) is 4.81. The molecule has 1 rings (SSSR count). The zero-order valence-corrected chi connectivity index (χ0v) is 10.4. The maximum atomic E-state index is 11.3. The second-order valence-electron chi connectivity index (χ2n) is 3.77. The molecule has 0 bridgehead atoms. The molecule has 1 heterocycles. The van der Waals surface area contributed by atoms with E-state index in [4.69, 9.17) is 10.5 Å². The zero-order valence-electron chi connectivity index (χ0n) is 9.60. The lowest BCUT2D eigenvalue weighted by molar-refractivity contribution is -0.121. The molecule has 1 aromatic rings. The summed E-state index contributed by atoms with van der Waals surface area (Å²) in [7, 11) is 1.62. The lowest BCUT2D eigenvalue weighted by Crippen LogP contribution is -2.46. The van der Waals surface area contributed by atoms with E-state index >= 15 is 0 Å². The molecule has 3 N–H and O–H groups in total. The number of rotatable bonds is 7. The number of methoxy groups -OCH3 is 1. The molecular formula is C11H18N2O2S. The van der Waals surface area contributed by atoms with Crippen LogP contribution in [0.3, 0.4) is 0 Å². The van der Waals surface area contributed by atoms with Crippen molar-refractivity contribution in [3.8, 4) is 0 Å². The number of nitrogens with two attached hydrogens (primary N) is 1. The normalized spacial score (nSPS) is 14.6. The van der Waals surface area contributed by atoms with E-state index in [9.17, 15) is 4.79 Å². The van der Waals surface area contributed by atoms with Gasteiger partial charge in [-0.05, 0) is 11.4 Å². The van der Waals surface area contributed by atoms with E-state index in [1.807, 2.05) is 24.4 Å². The molecule has 2 atom stereocenters. The first-order valence-electron chi connectivity index (χ1n) is 5.19. The number of carbonyl (C=O) groups is 1. The highest BCUT2D eigenvalue weighted by Gasteiger charge is 2.22. The third kappa shape index (κ3) is 3.92. The maximum Gasteiger partial charge on any atom is 0.234 e. The van der Waals surface area contributed by atoms with Gasteiger partial charge in [-0.25, -0.2) is 0 Å². The van der Waals surface area contributed by atoms with Gasteiger partial charge in [-0.3, -0.25) is 4.79 Å². The van der Waals surface area contributed by atoms with Crippen molar-refractivity contribution < 1.29 is 9.53 Å². The van der Waals surface area contributed by atoms with Crippen LogP contribution in [0, 0.1) is 5.92 Å². The Morgan fingerprint density at radius 2 is 2.44 bits per heavy atom. The molecule has 0 saturated heterocycles. The molecule has 5 heteroatoms. The van der Waals surface area contributed by atoms with Crippen LogP contribution in [0.4, 0.5) is 0 Å². The summed E-state index contributed by atoms with van der Waals surface area (Å²) >= 11 is 1.66. The van der Waals surface area contributed by atoms with Gasteiger partial charge in [0.25, 0.3) is 0 Å². The van der Waals surface area contributed by atoms with Gasteiger partial charge in [-0.1, -0.05) is 13.0 Å². The minimum Gasteiger partial charge on any atom is -0.384 e. The van der Waals surface area contributed by atoms with Gasteiger partial charge in [0, 0.05) is 24.4 Å². The SMILES string of the molecule is COCC(C)C(NCc1cccs1)C(N)=O. The van der Waals surface area contributed by atoms with Crippen LogP contribution in [0.15, 0.2) is 17.5 Å². The molecule has 16 heavy (non-hydrogen) atoms. The van der Waals surface area contributed by atoms with E-state index < -0.39 is 0 Å². The first-order chi connectivity index (χ1) is 7.65. The Morgan fingerprint density at radius 3 is 2.94 bits per heavy atom. The molecule has 0 spiro atoms. The van der Waals surface area contributed by atoms with Crippen LogP contribution in [0.5, 0.6) is 0 Å². The number of amides is 1. The van der Waals surface area contributed by atoms with E-state index in [1.165, 1.54) is 4.88 Å². The van der Waals surface area contributed by atoms with Crippen molar-refractivity contribution in [2.75, 3.05) is 13.7 Å². The van der Waals surface area contributed by atoms with Gasteiger partial charge < -0.3 is 15.8 Å². The Morgan fingerprint density at radius 1 is 1.69 bits per heavy atom. The van der Waals surface area contributed by atoms with E-state index in [0.717, 1.165) is 0 Å². The summed E-state index contributed by atoms with van der Waals surface area (Å²) in [6.45, 7) is 3.13. The summed E-state index contributed by atoms with van der Waals surface area (Å²) in [5.74, 6) is -0.261. The average Bonchev–Trinajstić information content (AvgIpc) is 2.70. The predicted octanol–water partition coefficient (Wildman–Crippen LogP) is 0.974. The standard InChI is InChI=1S/C11H18N2O2S/c1-8(7-15-2)10(11(12)14)13-6-9-4-3-5-16-9/h3-5,8,10,13H,6-7H2,1-2H3,(H2,12,14). The quantitative estimate of drug-likeness (QED) is 0.749. The smallest absolute Gasteiger partial charge is 0.234 e. The summed E-state index contributed by atoms with van der Waals surface area (Å²) in [6.07, 6.45) is 0. The van der Waals surface area contributed by atoms with Crippen molar-refractivity contribution in [2.24, 2.45) is 11.7 Å². The molecule has 0 aromatic carbocycles. The number of thiophene rings is 1. The third-order valence-electron chi connectivity index (χ3n) is 2.38. The fraction of sp³-hybridized carbons (Fsp3) is 0.545. The molecule has 90 valence electrons. The minimum atomic E-state index is -0.345. The molecule has 0 radical (unpaired) electrons. The molecular weight excluding hydrogens is 224 g/mol.